The highest BCUT2D eigenvalue weighted by Gasteiger charge is 2.54. The van der Waals surface area contributed by atoms with E-state index in [4.69, 9.17) is 0 Å². The number of rotatable bonds is 1. The number of aromatic hydroxyl groups is 1. The Labute approximate surface area is 130 Å². The highest BCUT2D eigenvalue weighted by molar-refractivity contribution is 6.32. The van der Waals surface area contributed by atoms with E-state index in [0.29, 0.717) is 5.39 Å². The van der Waals surface area contributed by atoms with E-state index in [2.05, 4.69) is 4.98 Å². The zero-order valence-electron chi connectivity index (χ0n) is 11.9. The summed E-state index contributed by atoms with van der Waals surface area (Å²) in [6.45, 7) is 0. The van der Waals surface area contributed by atoms with Crippen LogP contribution in [0.1, 0.15) is 26.3 Å². The van der Waals surface area contributed by atoms with Crippen LogP contribution in [0.4, 0.5) is 0 Å². The summed E-state index contributed by atoms with van der Waals surface area (Å²) < 4.78 is 0. The second-order valence-electron chi connectivity index (χ2n) is 5.45. The van der Waals surface area contributed by atoms with Crippen LogP contribution in [-0.2, 0) is 5.60 Å². The summed E-state index contributed by atoms with van der Waals surface area (Å²) in [6.07, 6.45) is 1.49. The van der Waals surface area contributed by atoms with Crippen molar-refractivity contribution in [2.75, 3.05) is 0 Å². The van der Waals surface area contributed by atoms with Crippen LogP contribution in [0.2, 0.25) is 0 Å². The number of phenols is 1. The normalized spacial score (nSPS) is 15.9. The van der Waals surface area contributed by atoms with Gasteiger partial charge in [-0.05, 0) is 6.07 Å². The van der Waals surface area contributed by atoms with Gasteiger partial charge < -0.3 is 10.2 Å². The minimum atomic E-state index is -2.42. The Morgan fingerprint density at radius 1 is 0.870 bits per heavy atom. The number of aliphatic hydroxyl groups is 1. The van der Waals surface area contributed by atoms with Gasteiger partial charge in [-0.1, -0.05) is 42.5 Å². The third-order valence-electron chi connectivity index (χ3n) is 4.21. The molecule has 0 atom stereocenters. The lowest BCUT2D eigenvalue weighted by Crippen LogP contribution is -2.38. The van der Waals surface area contributed by atoms with Crippen LogP contribution < -0.4 is 0 Å². The van der Waals surface area contributed by atoms with Gasteiger partial charge in [-0.25, -0.2) is 0 Å². The molecule has 0 saturated carbocycles. The lowest BCUT2D eigenvalue weighted by molar-refractivity contribution is 0.0313. The molecule has 112 valence electrons. The molecule has 3 aromatic rings. The number of hydrogen-bond acceptors (Lipinski definition) is 5. The van der Waals surface area contributed by atoms with Crippen LogP contribution in [-0.4, -0.2) is 26.8 Å². The molecule has 2 N–H and O–H groups in total. The number of carbonyl (C=O) groups excluding carboxylic acids is 2. The molecule has 0 amide bonds. The van der Waals surface area contributed by atoms with Gasteiger partial charge in [0.05, 0.1) is 0 Å². The molecule has 0 unspecified atom stereocenters. The van der Waals surface area contributed by atoms with Gasteiger partial charge in [0.2, 0.25) is 17.2 Å². The van der Waals surface area contributed by atoms with Crippen LogP contribution in [0.15, 0.2) is 54.7 Å². The Kier molecular flexibility index (Phi) is 2.64. The minimum Gasteiger partial charge on any atom is -0.505 e. The largest absolute Gasteiger partial charge is 0.505 e. The number of benzene rings is 2. The van der Waals surface area contributed by atoms with Gasteiger partial charge in [-0.2, -0.15) is 0 Å². The maximum Gasteiger partial charge on any atom is 0.220 e. The molecule has 0 fully saturated rings. The van der Waals surface area contributed by atoms with Gasteiger partial charge in [0, 0.05) is 28.3 Å². The Morgan fingerprint density at radius 2 is 1.52 bits per heavy atom. The second-order valence-corrected chi connectivity index (χ2v) is 5.45. The van der Waals surface area contributed by atoms with E-state index in [0.717, 1.165) is 0 Å². The lowest BCUT2D eigenvalue weighted by atomic mass is 9.87. The molecule has 0 aliphatic heterocycles. The monoisotopic (exact) mass is 305 g/mol. The van der Waals surface area contributed by atoms with Crippen LogP contribution >= 0.6 is 0 Å². The Hall–Kier alpha value is -3.05. The summed E-state index contributed by atoms with van der Waals surface area (Å²) in [6, 6.07) is 12.7. The van der Waals surface area contributed by atoms with Crippen molar-refractivity contribution in [3.05, 3.63) is 71.4 Å². The predicted molar refractivity (Wildman–Crippen MR) is 82.4 cm³/mol. The number of pyridine rings is 1. The van der Waals surface area contributed by atoms with Gasteiger partial charge in [0.25, 0.3) is 0 Å². The average Bonchev–Trinajstić information content (AvgIpc) is 2.78. The molecule has 5 heteroatoms. The first-order valence-corrected chi connectivity index (χ1v) is 7.03. The lowest BCUT2D eigenvalue weighted by Gasteiger charge is -2.21. The fourth-order valence-electron chi connectivity index (χ4n) is 3.04. The molecule has 5 nitrogen and oxygen atoms in total. The number of fused-ring (bicyclic) bond motifs is 2. The van der Waals surface area contributed by atoms with E-state index in [1.54, 1.807) is 30.3 Å². The van der Waals surface area contributed by atoms with Crippen LogP contribution in [0.5, 0.6) is 5.75 Å². The van der Waals surface area contributed by atoms with Gasteiger partial charge in [0.1, 0.15) is 11.3 Å². The second kappa shape index (κ2) is 4.47. The molecule has 2 aromatic carbocycles. The van der Waals surface area contributed by atoms with Crippen LogP contribution in [0.3, 0.4) is 0 Å². The SMILES string of the molecule is O=C1c2ccccc2C(=O)C1(O)c1ccc2cccnc2c1O. The molecular formula is C18H11NO4. The van der Waals surface area contributed by atoms with E-state index >= 15 is 0 Å². The van der Waals surface area contributed by atoms with Crippen molar-refractivity contribution in [1.82, 2.24) is 4.98 Å². The Balaban J connectivity index is 2.00. The average molecular weight is 305 g/mol. The van der Waals surface area contributed by atoms with Crippen LogP contribution in [0.25, 0.3) is 10.9 Å². The summed E-state index contributed by atoms with van der Waals surface area (Å²) >= 11 is 0. The summed E-state index contributed by atoms with van der Waals surface area (Å²) in [5.74, 6) is -1.83. The minimum absolute atomic E-state index is 0.144. The van der Waals surface area contributed by atoms with Crippen molar-refractivity contribution in [2.45, 2.75) is 5.60 Å². The molecule has 1 aromatic heterocycles. The van der Waals surface area contributed by atoms with E-state index in [9.17, 15) is 19.8 Å². The first-order chi connectivity index (χ1) is 11.0. The third-order valence-corrected chi connectivity index (χ3v) is 4.21. The summed E-state index contributed by atoms with van der Waals surface area (Å²) in [7, 11) is 0. The first kappa shape index (κ1) is 13.6. The maximum atomic E-state index is 12.6. The van der Waals surface area contributed by atoms with Crippen molar-refractivity contribution in [3.8, 4) is 5.75 Å². The van der Waals surface area contributed by atoms with E-state index in [1.165, 1.54) is 24.4 Å². The third kappa shape index (κ3) is 1.62. The van der Waals surface area contributed by atoms with Crippen molar-refractivity contribution in [2.24, 2.45) is 0 Å². The standard InChI is InChI=1S/C18H11NO4/c20-15-13(8-7-10-4-3-9-19-14(10)15)18(23)16(21)11-5-1-2-6-12(11)17(18)22/h1-9,20,23H. The molecule has 23 heavy (non-hydrogen) atoms. The molecule has 0 bridgehead atoms. The molecule has 1 aliphatic carbocycles. The number of nitrogens with zero attached hydrogens (tertiary/aromatic N) is 1. The Bertz CT molecular complexity index is 958. The van der Waals surface area contributed by atoms with Crippen molar-refractivity contribution in [3.63, 3.8) is 0 Å². The van der Waals surface area contributed by atoms with Gasteiger partial charge in [-0.15, -0.1) is 0 Å². The summed E-state index contributed by atoms with van der Waals surface area (Å²) in [4.78, 5) is 29.3. The molecule has 1 aliphatic rings. The number of hydrogen-bond donors (Lipinski definition) is 2. The first-order valence-electron chi connectivity index (χ1n) is 7.03. The van der Waals surface area contributed by atoms with Crippen LogP contribution in [0, 0.1) is 0 Å². The number of ketones is 2. The van der Waals surface area contributed by atoms with Gasteiger partial charge in [0.15, 0.2) is 0 Å². The number of carbonyl (C=O) groups is 2. The highest BCUT2D eigenvalue weighted by atomic mass is 16.3. The smallest absolute Gasteiger partial charge is 0.220 e. The molecular weight excluding hydrogens is 294 g/mol. The van der Waals surface area contributed by atoms with Gasteiger partial charge in [-0.3, -0.25) is 14.6 Å². The molecule has 0 saturated heterocycles. The number of phenolic OH excluding ortho intramolecular Hbond substituents is 1. The highest BCUT2D eigenvalue weighted by Crippen LogP contribution is 2.42. The van der Waals surface area contributed by atoms with Gasteiger partial charge >= 0.3 is 0 Å². The fraction of sp³-hybridized carbons (Fsp3) is 0.0556. The quantitative estimate of drug-likeness (QED) is 0.673. The number of aromatic nitrogens is 1. The molecule has 0 radical (unpaired) electrons. The van der Waals surface area contributed by atoms with E-state index in [1.807, 2.05) is 0 Å². The van der Waals surface area contributed by atoms with Crippen molar-refractivity contribution < 1.29 is 19.8 Å². The fourth-order valence-corrected chi connectivity index (χ4v) is 3.04. The zero-order chi connectivity index (χ0) is 16.2. The molecule has 1 heterocycles. The van der Waals surface area contributed by atoms with E-state index in [-0.39, 0.29) is 28.0 Å². The molecule has 0 spiro atoms. The zero-order valence-corrected chi connectivity index (χ0v) is 11.9. The summed E-state index contributed by atoms with van der Waals surface area (Å²) in [5, 5.41) is 22.0. The van der Waals surface area contributed by atoms with Crippen molar-refractivity contribution >= 4 is 22.5 Å². The maximum absolute atomic E-state index is 12.6. The summed E-state index contributed by atoms with van der Waals surface area (Å²) in [5.41, 5.74) is -2.02. The van der Waals surface area contributed by atoms with Crippen molar-refractivity contribution in [1.29, 1.82) is 0 Å². The molecule has 4 rings (SSSR count). The topological polar surface area (TPSA) is 87.5 Å². The Morgan fingerprint density at radius 3 is 2.17 bits per heavy atom. The number of Topliss-reactive ketones (excluding diaryl/α,β-unsaturated/α-hetero) is 2. The van der Waals surface area contributed by atoms with E-state index < -0.39 is 17.2 Å². The predicted octanol–water partition coefficient (Wildman–Crippen LogP) is 2.21.